The van der Waals surface area contributed by atoms with Crippen molar-refractivity contribution in [2.24, 2.45) is 11.8 Å². The van der Waals surface area contributed by atoms with E-state index in [2.05, 4.69) is 41.5 Å². The minimum absolute atomic E-state index is 0.107. The number of hydrogen-bond acceptors (Lipinski definition) is 15. The minimum atomic E-state index is -4.96. The van der Waals surface area contributed by atoms with Gasteiger partial charge in [0.2, 0.25) is 0 Å². The second-order valence-electron chi connectivity index (χ2n) is 30.8. The Balaban J connectivity index is 5.22. The van der Waals surface area contributed by atoms with Crippen LogP contribution in [0.25, 0.3) is 0 Å². The molecule has 17 nitrogen and oxygen atoms in total. The van der Waals surface area contributed by atoms with Crippen molar-refractivity contribution in [3.8, 4) is 0 Å². The molecule has 3 N–H and O–H groups in total. The fourth-order valence-electron chi connectivity index (χ4n) is 12.9. The molecule has 0 aliphatic heterocycles. The Morgan fingerprint density at radius 3 is 0.667 bits per heavy atom. The van der Waals surface area contributed by atoms with Crippen molar-refractivity contribution in [1.29, 1.82) is 0 Å². The fraction of sp³-hybridized carbons (Fsp3) is 0.952. The number of phosphoric ester groups is 2. The molecule has 0 saturated heterocycles. The molecule has 0 amide bonds. The predicted octanol–water partition coefficient (Wildman–Crippen LogP) is 25.1. The minimum Gasteiger partial charge on any atom is -0.462 e. The molecular formula is C83H162O17P2. The van der Waals surface area contributed by atoms with Crippen LogP contribution in [-0.2, 0) is 65.4 Å². The number of unbranched alkanes of at least 4 members (excludes halogenated alkanes) is 52. The summed E-state index contributed by atoms with van der Waals surface area (Å²) in [5.74, 6) is -0.589. The number of rotatable bonds is 82. The number of esters is 4. The van der Waals surface area contributed by atoms with Crippen molar-refractivity contribution in [1.82, 2.24) is 0 Å². The Labute approximate surface area is 626 Å². The number of phosphoric acid groups is 2. The highest BCUT2D eigenvalue weighted by Crippen LogP contribution is 2.45. The van der Waals surface area contributed by atoms with E-state index in [9.17, 15) is 43.2 Å². The SMILES string of the molecule is CCCCCCCCCCCCCCCCCCCCCCCCC(=O)O[C@H](COC(=O)CCCCCCCCCCCCCCCC(C)C)COP(=O)(O)OC[C@@H](O)COP(=O)(O)OC[C@@H](COC(=O)CCCCCCCCCCC(C)C)OC(=O)CCCCCCCCCCCCCCC. The lowest BCUT2D eigenvalue weighted by Crippen LogP contribution is -2.30. The molecule has 102 heavy (non-hydrogen) atoms. The summed E-state index contributed by atoms with van der Waals surface area (Å²) >= 11 is 0. The van der Waals surface area contributed by atoms with Gasteiger partial charge >= 0.3 is 39.5 Å². The van der Waals surface area contributed by atoms with Gasteiger partial charge in [0.15, 0.2) is 12.2 Å². The first-order chi connectivity index (χ1) is 49.4. The predicted molar refractivity (Wildman–Crippen MR) is 418 cm³/mol. The van der Waals surface area contributed by atoms with Gasteiger partial charge < -0.3 is 33.8 Å². The van der Waals surface area contributed by atoms with Crippen LogP contribution in [0, 0.1) is 11.8 Å². The van der Waals surface area contributed by atoms with Crippen LogP contribution in [0.15, 0.2) is 0 Å². The first-order valence-corrected chi connectivity index (χ1v) is 46.0. The van der Waals surface area contributed by atoms with Crippen LogP contribution in [0.5, 0.6) is 0 Å². The summed E-state index contributed by atoms with van der Waals surface area (Å²) in [7, 11) is -9.92. The monoisotopic (exact) mass is 1490 g/mol. The van der Waals surface area contributed by atoms with Crippen LogP contribution in [0.2, 0.25) is 0 Å². The zero-order chi connectivity index (χ0) is 74.9. The standard InChI is InChI=1S/C83H162O17P2/c1-7-9-11-13-15-17-19-21-22-23-24-25-26-27-28-29-33-38-42-50-56-62-68-83(88)99-78(71-93-80(85)65-59-53-47-40-36-34-30-32-35-39-45-51-57-63-75(3)4)73-97-101(89,90)95-69-77(84)70-96-102(91,92)98-74-79(72-94-81(86)66-60-54-48-44-43-46-52-58-64-76(5)6)100-82(87)67-61-55-49-41-37-31-20-18-16-14-12-10-8-2/h75-79,84H,7-74H2,1-6H3,(H,89,90)(H,91,92)/t77-,78-,79-/m1/s1. The van der Waals surface area contributed by atoms with Crippen molar-refractivity contribution < 1.29 is 80.2 Å². The highest BCUT2D eigenvalue weighted by atomic mass is 31.2. The van der Waals surface area contributed by atoms with Gasteiger partial charge in [-0.25, -0.2) is 9.13 Å². The molecule has 0 saturated carbocycles. The fourth-order valence-corrected chi connectivity index (χ4v) is 14.5. The maximum absolute atomic E-state index is 13.1. The van der Waals surface area contributed by atoms with Crippen molar-refractivity contribution in [2.75, 3.05) is 39.6 Å². The molecule has 0 fully saturated rings. The molecule has 5 atom stereocenters. The molecule has 0 spiro atoms. The van der Waals surface area contributed by atoms with Crippen LogP contribution >= 0.6 is 15.6 Å². The van der Waals surface area contributed by atoms with Gasteiger partial charge in [0, 0.05) is 25.7 Å². The molecule has 0 aromatic carbocycles. The van der Waals surface area contributed by atoms with E-state index in [0.717, 1.165) is 102 Å². The highest BCUT2D eigenvalue weighted by molar-refractivity contribution is 7.47. The zero-order valence-corrected chi connectivity index (χ0v) is 68.7. The van der Waals surface area contributed by atoms with Crippen molar-refractivity contribution >= 4 is 39.5 Å². The molecular weight excluding hydrogens is 1330 g/mol. The van der Waals surface area contributed by atoms with Gasteiger partial charge in [0.05, 0.1) is 26.4 Å². The van der Waals surface area contributed by atoms with Gasteiger partial charge in [-0.05, 0) is 37.5 Å². The molecule has 606 valence electrons. The summed E-state index contributed by atoms with van der Waals surface area (Å²) in [6.45, 7) is 9.63. The maximum atomic E-state index is 13.1. The van der Waals surface area contributed by atoms with E-state index in [1.54, 1.807) is 0 Å². The summed E-state index contributed by atoms with van der Waals surface area (Å²) < 4.78 is 68.8. The highest BCUT2D eigenvalue weighted by Gasteiger charge is 2.30. The average molecular weight is 1490 g/mol. The quantitative estimate of drug-likeness (QED) is 0.0222. The van der Waals surface area contributed by atoms with Gasteiger partial charge in [-0.15, -0.1) is 0 Å². The molecule has 0 aliphatic carbocycles. The smallest absolute Gasteiger partial charge is 0.462 e. The zero-order valence-electron chi connectivity index (χ0n) is 66.9. The average Bonchev–Trinajstić information content (AvgIpc) is 0.922. The molecule has 0 aromatic heterocycles. The lowest BCUT2D eigenvalue weighted by Gasteiger charge is -2.21. The number of aliphatic hydroxyl groups excluding tert-OH is 1. The summed E-state index contributed by atoms with van der Waals surface area (Å²) in [6.07, 6.45) is 65.3. The number of carbonyl (C=O) groups is 4. The third-order valence-corrected chi connectivity index (χ3v) is 21.4. The van der Waals surface area contributed by atoms with E-state index in [0.29, 0.717) is 25.7 Å². The Bertz CT molecular complexity index is 1960. The maximum Gasteiger partial charge on any atom is 0.472 e. The molecule has 2 unspecified atom stereocenters. The Morgan fingerprint density at radius 1 is 0.265 bits per heavy atom. The van der Waals surface area contributed by atoms with Gasteiger partial charge in [0.25, 0.3) is 0 Å². The Kier molecular flexibility index (Phi) is 73.1. The van der Waals surface area contributed by atoms with E-state index in [1.807, 2.05) is 0 Å². The van der Waals surface area contributed by atoms with Crippen LogP contribution in [0.1, 0.15) is 440 Å². The second kappa shape index (κ2) is 74.5. The molecule has 0 radical (unpaired) electrons. The Morgan fingerprint density at radius 2 is 0.451 bits per heavy atom. The number of carbonyl (C=O) groups excluding carboxylic acids is 4. The molecule has 19 heteroatoms. The molecule has 0 aromatic rings. The van der Waals surface area contributed by atoms with Crippen LogP contribution in [0.4, 0.5) is 0 Å². The van der Waals surface area contributed by atoms with Crippen molar-refractivity contribution in [3.63, 3.8) is 0 Å². The van der Waals surface area contributed by atoms with Crippen LogP contribution < -0.4 is 0 Å². The van der Waals surface area contributed by atoms with E-state index < -0.39 is 97.5 Å². The summed E-state index contributed by atoms with van der Waals surface area (Å²) in [5.41, 5.74) is 0. The second-order valence-corrected chi connectivity index (χ2v) is 33.7. The van der Waals surface area contributed by atoms with Crippen molar-refractivity contribution in [2.45, 2.75) is 458 Å². The first-order valence-electron chi connectivity index (χ1n) is 43.0. The van der Waals surface area contributed by atoms with Gasteiger partial charge in [-0.1, -0.05) is 388 Å². The third kappa shape index (κ3) is 76.3. The van der Waals surface area contributed by atoms with E-state index in [4.69, 9.17) is 37.0 Å². The molecule has 0 bridgehead atoms. The summed E-state index contributed by atoms with van der Waals surface area (Å²) in [4.78, 5) is 73.1. The van der Waals surface area contributed by atoms with Crippen LogP contribution in [0.3, 0.4) is 0 Å². The molecule has 0 aliphatic rings. The number of aliphatic hydroxyl groups is 1. The first kappa shape index (κ1) is 100. The van der Waals surface area contributed by atoms with E-state index in [-0.39, 0.29) is 25.7 Å². The molecule has 0 rings (SSSR count). The summed E-state index contributed by atoms with van der Waals surface area (Å²) in [5, 5.41) is 10.7. The normalized spacial score (nSPS) is 13.9. The third-order valence-electron chi connectivity index (χ3n) is 19.5. The largest absolute Gasteiger partial charge is 0.472 e. The lowest BCUT2D eigenvalue weighted by atomic mass is 10.0. The Hall–Kier alpha value is -1.94. The topological polar surface area (TPSA) is 237 Å². The number of ether oxygens (including phenoxy) is 4. The summed E-state index contributed by atoms with van der Waals surface area (Å²) in [6, 6.07) is 0. The van der Waals surface area contributed by atoms with Gasteiger partial charge in [-0.3, -0.25) is 37.3 Å². The van der Waals surface area contributed by atoms with Gasteiger partial charge in [-0.2, -0.15) is 0 Å². The lowest BCUT2D eigenvalue weighted by molar-refractivity contribution is -0.161. The van der Waals surface area contributed by atoms with Crippen LogP contribution in [-0.4, -0.2) is 96.7 Å². The van der Waals surface area contributed by atoms with E-state index in [1.165, 1.54) is 257 Å². The molecule has 0 heterocycles. The van der Waals surface area contributed by atoms with E-state index >= 15 is 0 Å². The number of hydrogen-bond donors (Lipinski definition) is 3. The van der Waals surface area contributed by atoms with Gasteiger partial charge in [0.1, 0.15) is 19.3 Å². The van der Waals surface area contributed by atoms with Crippen molar-refractivity contribution in [3.05, 3.63) is 0 Å².